The molecule has 0 saturated carbocycles. The normalized spacial score (nSPS) is 11.6. The van der Waals surface area contributed by atoms with Gasteiger partial charge in [-0.05, 0) is 49.2 Å². The van der Waals surface area contributed by atoms with Crippen LogP contribution in [-0.4, -0.2) is 35.9 Å². The fraction of sp³-hybridized carbons (Fsp3) is 0.278. The van der Waals surface area contributed by atoms with E-state index < -0.39 is 6.03 Å². The average Bonchev–Trinajstić information content (AvgIpc) is 2.54. The van der Waals surface area contributed by atoms with Crippen molar-refractivity contribution in [1.82, 2.24) is 15.2 Å². The SMILES string of the molecule is Cc1cc(F)ccc1[C@@H](C)NC(=O)Nc1ccc(C(=O)N(C)C)cn1. The number of halogens is 1. The molecule has 0 aliphatic rings. The zero-order valence-corrected chi connectivity index (χ0v) is 14.6. The Morgan fingerprint density at radius 2 is 1.92 bits per heavy atom. The number of amides is 3. The number of aryl methyl sites for hydroxylation is 1. The minimum Gasteiger partial charge on any atom is -0.345 e. The lowest BCUT2D eigenvalue weighted by molar-refractivity contribution is 0.0827. The van der Waals surface area contributed by atoms with Crippen molar-refractivity contribution in [2.45, 2.75) is 19.9 Å². The minimum absolute atomic E-state index is 0.163. The molecule has 1 aromatic carbocycles. The molecule has 25 heavy (non-hydrogen) atoms. The molecule has 0 aliphatic heterocycles. The molecule has 0 saturated heterocycles. The Hall–Kier alpha value is -2.96. The van der Waals surface area contributed by atoms with Crippen molar-refractivity contribution < 1.29 is 14.0 Å². The van der Waals surface area contributed by atoms with E-state index in [0.29, 0.717) is 11.4 Å². The van der Waals surface area contributed by atoms with Gasteiger partial charge in [0.2, 0.25) is 0 Å². The van der Waals surface area contributed by atoms with Crippen LogP contribution in [0.3, 0.4) is 0 Å². The zero-order valence-electron chi connectivity index (χ0n) is 14.6. The predicted molar refractivity (Wildman–Crippen MR) is 94.0 cm³/mol. The molecule has 0 bridgehead atoms. The van der Waals surface area contributed by atoms with E-state index in [0.717, 1.165) is 11.1 Å². The molecule has 1 heterocycles. The summed E-state index contributed by atoms with van der Waals surface area (Å²) in [6.07, 6.45) is 1.41. The van der Waals surface area contributed by atoms with Gasteiger partial charge >= 0.3 is 6.03 Å². The van der Waals surface area contributed by atoms with Crippen LogP contribution < -0.4 is 10.6 Å². The van der Waals surface area contributed by atoms with Crippen LogP contribution in [0.4, 0.5) is 15.0 Å². The van der Waals surface area contributed by atoms with Crippen molar-refractivity contribution in [3.05, 3.63) is 59.0 Å². The molecule has 0 fully saturated rings. The van der Waals surface area contributed by atoms with Gasteiger partial charge in [-0.25, -0.2) is 14.2 Å². The summed E-state index contributed by atoms with van der Waals surface area (Å²) < 4.78 is 13.2. The third-order valence-corrected chi connectivity index (χ3v) is 3.70. The summed E-state index contributed by atoms with van der Waals surface area (Å²) in [5.74, 6) is -0.144. The van der Waals surface area contributed by atoms with Gasteiger partial charge < -0.3 is 10.2 Å². The number of aromatic nitrogens is 1. The number of hydrogen-bond donors (Lipinski definition) is 2. The first-order valence-electron chi connectivity index (χ1n) is 7.79. The molecule has 7 heteroatoms. The predicted octanol–water partition coefficient (Wildman–Crippen LogP) is 3.11. The molecule has 3 amide bonds. The third kappa shape index (κ3) is 4.76. The molecule has 132 valence electrons. The van der Waals surface area contributed by atoms with E-state index in [1.807, 2.05) is 6.92 Å². The Labute approximate surface area is 146 Å². The van der Waals surface area contributed by atoms with Gasteiger partial charge in [-0.1, -0.05) is 6.07 Å². The summed E-state index contributed by atoms with van der Waals surface area (Å²) in [4.78, 5) is 29.4. The maximum Gasteiger partial charge on any atom is 0.320 e. The van der Waals surface area contributed by atoms with Crippen LogP contribution in [0.5, 0.6) is 0 Å². The first-order chi connectivity index (χ1) is 11.8. The van der Waals surface area contributed by atoms with Crippen LogP contribution in [0.25, 0.3) is 0 Å². The van der Waals surface area contributed by atoms with E-state index in [2.05, 4.69) is 15.6 Å². The highest BCUT2D eigenvalue weighted by atomic mass is 19.1. The van der Waals surface area contributed by atoms with Gasteiger partial charge in [0.1, 0.15) is 11.6 Å². The second-order valence-corrected chi connectivity index (χ2v) is 5.95. The lowest BCUT2D eigenvalue weighted by atomic mass is 10.0. The molecule has 2 rings (SSSR count). The number of anilines is 1. The lowest BCUT2D eigenvalue weighted by Crippen LogP contribution is -2.31. The number of nitrogens with zero attached hydrogens (tertiary/aromatic N) is 2. The monoisotopic (exact) mass is 344 g/mol. The average molecular weight is 344 g/mol. The van der Waals surface area contributed by atoms with Crippen molar-refractivity contribution in [2.24, 2.45) is 0 Å². The number of rotatable bonds is 4. The second-order valence-electron chi connectivity index (χ2n) is 5.95. The largest absolute Gasteiger partial charge is 0.345 e. The smallest absolute Gasteiger partial charge is 0.320 e. The minimum atomic E-state index is -0.435. The molecule has 2 aromatic rings. The van der Waals surface area contributed by atoms with Crippen LogP contribution in [-0.2, 0) is 0 Å². The summed E-state index contributed by atoms with van der Waals surface area (Å²) in [5, 5.41) is 5.38. The number of carbonyl (C=O) groups excluding carboxylic acids is 2. The topological polar surface area (TPSA) is 74.3 Å². The molecule has 0 radical (unpaired) electrons. The van der Waals surface area contributed by atoms with Gasteiger partial charge in [-0.2, -0.15) is 0 Å². The molecule has 6 nitrogen and oxygen atoms in total. The van der Waals surface area contributed by atoms with E-state index in [4.69, 9.17) is 0 Å². The van der Waals surface area contributed by atoms with E-state index in [-0.39, 0.29) is 17.8 Å². The van der Waals surface area contributed by atoms with Crippen LogP contribution in [0, 0.1) is 12.7 Å². The van der Waals surface area contributed by atoms with Gasteiger partial charge in [0, 0.05) is 20.3 Å². The van der Waals surface area contributed by atoms with E-state index in [1.54, 1.807) is 39.2 Å². The van der Waals surface area contributed by atoms with Crippen molar-refractivity contribution in [2.75, 3.05) is 19.4 Å². The third-order valence-electron chi connectivity index (χ3n) is 3.70. The van der Waals surface area contributed by atoms with E-state index in [9.17, 15) is 14.0 Å². The Bertz CT molecular complexity index is 775. The molecule has 0 unspecified atom stereocenters. The van der Waals surface area contributed by atoms with Crippen LogP contribution in [0.1, 0.15) is 34.5 Å². The standard InChI is InChI=1S/C18H21FN4O2/c1-11-9-14(19)6-7-15(11)12(2)21-18(25)22-16-8-5-13(10-20-16)17(24)23(3)4/h5-10,12H,1-4H3,(H2,20,21,22,25)/t12-/m1/s1. The molecule has 0 spiro atoms. The van der Waals surface area contributed by atoms with Gasteiger partial charge in [0.15, 0.2) is 0 Å². The summed E-state index contributed by atoms with van der Waals surface area (Å²) in [6.45, 7) is 3.60. The van der Waals surface area contributed by atoms with Crippen molar-refractivity contribution in [3.8, 4) is 0 Å². The highest BCUT2D eigenvalue weighted by Gasteiger charge is 2.13. The Morgan fingerprint density at radius 1 is 1.20 bits per heavy atom. The fourth-order valence-electron chi connectivity index (χ4n) is 2.40. The summed E-state index contributed by atoms with van der Waals surface area (Å²) in [6, 6.07) is 6.86. The van der Waals surface area contributed by atoms with Crippen LogP contribution in [0.2, 0.25) is 0 Å². The molecule has 1 aromatic heterocycles. The van der Waals surface area contributed by atoms with E-state index >= 15 is 0 Å². The summed E-state index contributed by atoms with van der Waals surface area (Å²) >= 11 is 0. The summed E-state index contributed by atoms with van der Waals surface area (Å²) in [5.41, 5.74) is 2.03. The zero-order chi connectivity index (χ0) is 18.6. The maximum atomic E-state index is 13.2. The first kappa shape index (κ1) is 18.4. The fourth-order valence-corrected chi connectivity index (χ4v) is 2.40. The summed E-state index contributed by atoms with van der Waals surface area (Å²) in [7, 11) is 3.31. The number of hydrogen-bond acceptors (Lipinski definition) is 3. The number of nitrogens with one attached hydrogen (secondary N) is 2. The number of pyridine rings is 1. The molecular weight excluding hydrogens is 323 g/mol. The van der Waals surface area contributed by atoms with Crippen LogP contribution >= 0.6 is 0 Å². The Balaban J connectivity index is 1.99. The molecule has 2 N–H and O–H groups in total. The van der Waals surface area contributed by atoms with Crippen molar-refractivity contribution in [3.63, 3.8) is 0 Å². The molecule has 1 atom stereocenters. The van der Waals surface area contributed by atoms with Gasteiger partial charge in [0.05, 0.1) is 11.6 Å². The van der Waals surface area contributed by atoms with Gasteiger partial charge in [-0.3, -0.25) is 10.1 Å². The molecule has 0 aliphatic carbocycles. The van der Waals surface area contributed by atoms with Crippen LogP contribution in [0.15, 0.2) is 36.5 Å². The van der Waals surface area contributed by atoms with E-state index in [1.165, 1.54) is 23.2 Å². The Morgan fingerprint density at radius 3 is 2.48 bits per heavy atom. The van der Waals surface area contributed by atoms with Crippen molar-refractivity contribution in [1.29, 1.82) is 0 Å². The Kier molecular flexibility index (Phi) is 5.69. The first-order valence-corrected chi connectivity index (χ1v) is 7.79. The maximum absolute atomic E-state index is 13.2. The highest BCUT2D eigenvalue weighted by Crippen LogP contribution is 2.18. The number of urea groups is 1. The molecular formula is C18H21FN4O2. The lowest BCUT2D eigenvalue weighted by Gasteiger charge is -2.17. The van der Waals surface area contributed by atoms with Gasteiger partial charge in [0.25, 0.3) is 5.91 Å². The van der Waals surface area contributed by atoms with Crippen molar-refractivity contribution >= 4 is 17.8 Å². The number of carbonyl (C=O) groups is 2. The second kappa shape index (κ2) is 7.74. The quantitative estimate of drug-likeness (QED) is 0.895. The highest BCUT2D eigenvalue weighted by molar-refractivity contribution is 5.94. The van der Waals surface area contributed by atoms with Gasteiger partial charge in [-0.15, -0.1) is 0 Å². The number of benzene rings is 1.